The van der Waals surface area contributed by atoms with Crippen LogP contribution < -0.4 is 9.62 Å². The van der Waals surface area contributed by atoms with Crippen LogP contribution >= 0.6 is 0 Å². The third-order valence-electron chi connectivity index (χ3n) is 4.87. The fourth-order valence-electron chi connectivity index (χ4n) is 3.05. The topological polar surface area (TPSA) is 86.8 Å². The van der Waals surface area contributed by atoms with Crippen LogP contribution in [0, 0.1) is 11.7 Å². The van der Waals surface area contributed by atoms with E-state index in [0.29, 0.717) is 12.2 Å². The number of hydrogen-bond donors (Lipinski definition) is 1. The van der Waals surface area contributed by atoms with Crippen molar-refractivity contribution in [3.05, 3.63) is 66.0 Å². The number of nitrogens with one attached hydrogen (secondary N) is 1. The van der Waals surface area contributed by atoms with Gasteiger partial charge in [-0.2, -0.15) is 0 Å². The van der Waals surface area contributed by atoms with Crippen molar-refractivity contribution in [1.82, 2.24) is 10.2 Å². The van der Waals surface area contributed by atoms with Crippen LogP contribution in [0.25, 0.3) is 0 Å². The first-order valence-corrected chi connectivity index (χ1v) is 12.2. The van der Waals surface area contributed by atoms with Gasteiger partial charge >= 0.3 is 0 Å². The van der Waals surface area contributed by atoms with E-state index in [4.69, 9.17) is 0 Å². The average Bonchev–Trinajstić information content (AvgIpc) is 2.74. The van der Waals surface area contributed by atoms with E-state index < -0.39 is 40.2 Å². The lowest BCUT2D eigenvalue weighted by Crippen LogP contribution is -2.51. The Morgan fingerprint density at radius 2 is 1.59 bits per heavy atom. The second-order valence-electron chi connectivity index (χ2n) is 8.03. The summed E-state index contributed by atoms with van der Waals surface area (Å²) in [6.45, 7) is 5.16. The maximum absolute atomic E-state index is 14.3. The molecule has 2 aromatic carbocycles. The Kier molecular flexibility index (Phi) is 8.77. The molecule has 0 fully saturated rings. The Morgan fingerprint density at radius 1 is 1.00 bits per heavy atom. The molecule has 9 heteroatoms. The van der Waals surface area contributed by atoms with Crippen LogP contribution in [-0.4, -0.2) is 50.5 Å². The van der Waals surface area contributed by atoms with E-state index in [-0.39, 0.29) is 18.0 Å². The van der Waals surface area contributed by atoms with E-state index in [0.717, 1.165) is 10.6 Å². The van der Waals surface area contributed by atoms with Gasteiger partial charge in [0.05, 0.1) is 11.9 Å². The van der Waals surface area contributed by atoms with Gasteiger partial charge in [-0.25, -0.2) is 12.8 Å². The summed E-state index contributed by atoms with van der Waals surface area (Å²) in [6.07, 6.45) is 1.01. The van der Waals surface area contributed by atoms with Gasteiger partial charge in [-0.3, -0.25) is 13.9 Å². The van der Waals surface area contributed by atoms with Crippen LogP contribution in [-0.2, 0) is 26.2 Å². The third kappa shape index (κ3) is 7.05. The van der Waals surface area contributed by atoms with E-state index in [1.807, 2.05) is 13.8 Å². The molecule has 32 heavy (non-hydrogen) atoms. The molecule has 0 unspecified atom stereocenters. The van der Waals surface area contributed by atoms with Crippen molar-refractivity contribution >= 4 is 27.5 Å². The molecule has 174 valence electrons. The lowest BCUT2D eigenvalue weighted by atomic mass is 10.1. The maximum atomic E-state index is 14.3. The van der Waals surface area contributed by atoms with E-state index in [1.54, 1.807) is 43.3 Å². The molecule has 0 aliphatic heterocycles. The van der Waals surface area contributed by atoms with Crippen molar-refractivity contribution in [3.63, 3.8) is 0 Å². The quantitative estimate of drug-likeness (QED) is 0.587. The molecule has 2 amide bonds. The van der Waals surface area contributed by atoms with Crippen molar-refractivity contribution in [1.29, 1.82) is 0 Å². The number of carbonyl (C=O) groups is 2. The summed E-state index contributed by atoms with van der Waals surface area (Å²) >= 11 is 0. The molecule has 7 nitrogen and oxygen atoms in total. The van der Waals surface area contributed by atoms with E-state index in [2.05, 4.69) is 5.32 Å². The summed E-state index contributed by atoms with van der Waals surface area (Å²) < 4.78 is 40.1. The molecule has 2 rings (SSSR count). The predicted molar refractivity (Wildman–Crippen MR) is 123 cm³/mol. The van der Waals surface area contributed by atoms with Crippen molar-refractivity contribution in [3.8, 4) is 0 Å². The summed E-state index contributed by atoms with van der Waals surface area (Å²) in [5.74, 6) is -1.31. The molecule has 0 saturated heterocycles. The smallest absolute Gasteiger partial charge is 0.244 e. The molecule has 0 spiro atoms. The minimum Gasteiger partial charge on any atom is -0.354 e. The highest BCUT2D eigenvalue weighted by molar-refractivity contribution is 7.92. The Morgan fingerprint density at radius 3 is 2.16 bits per heavy atom. The summed E-state index contributed by atoms with van der Waals surface area (Å²) in [7, 11) is -3.78. The number of sulfonamides is 1. The van der Waals surface area contributed by atoms with Crippen LogP contribution in [0.1, 0.15) is 26.3 Å². The first-order valence-electron chi connectivity index (χ1n) is 10.3. The fraction of sp³-hybridized carbons (Fsp3) is 0.391. The highest BCUT2D eigenvalue weighted by Crippen LogP contribution is 2.19. The molecule has 1 N–H and O–H groups in total. The molecule has 1 atom stereocenters. The Labute approximate surface area is 189 Å². The van der Waals surface area contributed by atoms with Gasteiger partial charge in [0.2, 0.25) is 21.8 Å². The number of para-hydroxylation sites is 1. The third-order valence-corrected chi connectivity index (χ3v) is 6.01. The summed E-state index contributed by atoms with van der Waals surface area (Å²) in [5.41, 5.74) is 0.557. The molecular weight excluding hydrogens is 433 g/mol. The van der Waals surface area contributed by atoms with Crippen LogP contribution in [0.15, 0.2) is 54.6 Å². The highest BCUT2D eigenvalue weighted by Gasteiger charge is 2.30. The molecule has 0 saturated carbocycles. The second kappa shape index (κ2) is 11.1. The van der Waals surface area contributed by atoms with Gasteiger partial charge in [0.15, 0.2) is 0 Å². The molecule has 0 aromatic heterocycles. The maximum Gasteiger partial charge on any atom is 0.244 e. The van der Waals surface area contributed by atoms with Crippen LogP contribution in [0.5, 0.6) is 0 Å². The van der Waals surface area contributed by atoms with Crippen molar-refractivity contribution in [2.24, 2.45) is 5.92 Å². The Balaban J connectivity index is 2.35. The van der Waals surface area contributed by atoms with Crippen LogP contribution in [0.3, 0.4) is 0 Å². The number of hydrogen-bond acceptors (Lipinski definition) is 4. The number of nitrogens with zero attached hydrogens (tertiary/aromatic N) is 2. The fourth-order valence-corrected chi connectivity index (χ4v) is 3.90. The second-order valence-corrected chi connectivity index (χ2v) is 9.94. The molecule has 0 radical (unpaired) electrons. The number of carbonyl (C=O) groups excluding carboxylic acids is 2. The normalized spacial score (nSPS) is 12.3. The lowest BCUT2D eigenvalue weighted by molar-refractivity contribution is -0.139. The standard InChI is InChI=1S/C23H30FN3O4S/c1-17(2)14-25-23(29)18(3)26(15-19-10-8-9-13-21(19)24)22(28)16-27(32(4,30)31)20-11-6-5-7-12-20/h5-13,17-18H,14-16H2,1-4H3,(H,25,29)/t18-/m0/s1. The van der Waals surface area contributed by atoms with Gasteiger partial charge in [0.1, 0.15) is 18.4 Å². The van der Waals surface area contributed by atoms with Gasteiger partial charge in [-0.1, -0.05) is 50.2 Å². The zero-order chi connectivity index (χ0) is 23.9. The minimum atomic E-state index is -3.78. The minimum absolute atomic E-state index is 0.172. The van der Waals surface area contributed by atoms with Gasteiger partial charge < -0.3 is 10.2 Å². The van der Waals surface area contributed by atoms with E-state index >= 15 is 0 Å². The van der Waals surface area contributed by atoms with Crippen molar-refractivity contribution in [2.45, 2.75) is 33.4 Å². The molecule has 0 heterocycles. The largest absolute Gasteiger partial charge is 0.354 e. The first kappa shape index (κ1) is 25.3. The number of halogens is 1. The number of rotatable bonds is 10. The molecular formula is C23H30FN3O4S. The SMILES string of the molecule is CC(C)CNC(=O)[C@H](C)N(Cc1ccccc1F)C(=O)CN(c1ccccc1)S(C)(=O)=O. The number of benzene rings is 2. The van der Waals surface area contributed by atoms with Gasteiger partial charge in [-0.05, 0) is 31.0 Å². The van der Waals surface area contributed by atoms with E-state index in [9.17, 15) is 22.4 Å². The Bertz CT molecular complexity index is 1030. The first-order chi connectivity index (χ1) is 15.0. The zero-order valence-electron chi connectivity index (χ0n) is 18.8. The monoisotopic (exact) mass is 463 g/mol. The van der Waals surface area contributed by atoms with Gasteiger partial charge in [0, 0.05) is 18.7 Å². The number of anilines is 1. The predicted octanol–water partition coefficient (Wildman–Crippen LogP) is 2.78. The number of amides is 2. The van der Waals surface area contributed by atoms with Gasteiger partial charge in [0.25, 0.3) is 0 Å². The molecule has 0 bridgehead atoms. The Hall–Kier alpha value is -2.94. The molecule has 0 aliphatic rings. The van der Waals surface area contributed by atoms with E-state index in [1.165, 1.54) is 23.1 Å². The van der Waals surface area contributed by atoms with Crippen LogP contribution in [0.2, 0.25) is 0 Å². The summed E-state index contributed by atoms with van der Waals surface area (Å²) in [6, 6.07) is 13.3. The molecule has 0 aliphatic carbocycles. The van der Waals surface area contributed by atoms with Crippen molar-refractivity contribution in [2.75, 3.05) is 23.7 Å². The summed E-state index contributed by atoms with van der Waals surface area (Å²) in [4.78, 5) is 27.2. The van der Waals surface area contributed by atoms with Crippen molar-refractivity contribution < 1.29 is 22.4 Å². The summed E-state index contributed by atoms with van der Waals surface area (Å²) in [5, 5.41) is 2.77. The lowest BCUT2D eigenvalue weighted by Gasteiger charge is -2.31. The molecule has 2 aromatic rings. The van der Waals surface area contributed by atoms with Gasteiger partial charge in [-0.15, -0.1) is 0 Å². The highest BCUT2D eigenvalue weighted by atomic mass is 32.2. The van der Waals surface area contributed by atoms with Crippen LogP contribution in [0.4, 0.5) is 10.1 Å². The zero-order valence-corrected chi connectivity index (χ0v) is 19.6. The average molecular weight is 464 g/mol.